The van der Waals surface area contributed by atoms with Crippen LogP contribution in [0.3, 0.4) is 0 Å². The highest BCUT2D eigenvalue weighted by molar-refractivity contribution is 7.92. The number of anilines is 2. The van der Waals surface area contributed by atoms with Crippen molar-refractivity contribution in [3.8, 4) is 5.69 Å². The van der Waals surface area contributed by atoms with E-state index in [4.69, 9.17) is 23.2 Å². The van der Waals surface area contributed by atoms with Gasteiger partial charge in [-0.25, -0.2) is 31.9 Å². The number of aromatic nitrogens is 6. The van der Waals surface area contributed by atoms with Gasteiger partial charge in [-0.3, -0.25) is 9.29 Å². The Hall–Kier alpha value is -3.24. The van der Waals surface area contributed by atoms with Crippen molar-refractivity contribution in [3.63, 3.8) is 0 Å². The monoisotopic (exact) mass is 638 g/mol. The average molecular weight is 640 g/mol. The molecular weight excluding hydrogens is 609 g/mol. The summed E-state index contributed by atoms with van der Waals surface area (Å²) in [7, 11) is 1.55. The van der Waals surface area contributed by atoms with Crippen LogP contribution in [0.15, 0.2) is 26.5 Å². The third-order valence-corrected chi connectivity index (χ3v) is 7.48. The second-order valence-corrected chi connectivity index (χ2v) is 12.2. The number of nitrogens with zero attached hydrogens (tertiary/aromatic N) is 7. The van der Waals surface area contributed by atoms with Gasteiger partial charge < -0.3 is 4.90 Å². The molecule has 2 aromatic heterocycles. The van der Waals surface area contributed by atoms with Crippen LogP contribution in [0.4, 0.5) is 20.4 Å². The van der Waals surface area contributed by atoms with Crippen molar-refractivity contribution < 1.29 is 17.2 Å². The highest BCUT2D eigenvalue weighted by atomic mass is 35.5. The third kappa shape index (κ3) is 7.35. The van der Waals surface area contributed by atoms with E-state index < -0.39 is 28.0 Å². The Labute approximate surface area is 244 Å². The van der Waals surface area contributed by atoms with Crippen LogP contribution in [0.2, 0.25) is 10.0 Å². The van der Waals surface area contributed by atoms with Gasteiger partial charge in [-0.15, -0.1) is 5.10 Å². The first kappa shape index (κ1) is 32.3. The van der Waals surface area contributed by atoms with Gasteiger partial charge in [0.05, 0.1) is 27.7 Å². The Balaban J connectivity index is 0.000000232. The van der Waals surface area contributed by atoms with Crippen LogP contribution in [-0.4, -0.2) is 57.2 Å². The van der Waals surface area contributed by atoms with Crippen molar-refractivity contribution in [2.24, 2.45) is 7.05 Å². The van der Waals surface area contributed by atoms with Crippen LogP contribution in [0.25, 0.3) is 5.69 Å². The zero-order chi connectivity index (χ0) is 30.8. The molecule has 1 saturated carbocycles. The molecule has 0 saturated heterocycles. The summed E-state index contributed by atoms with van der Waals surface area (Å²) >= 11 is 11.8. The summed E-state index contributed by atoms with van der Waals surface area (Å²) in [5.74, 6) is 0.172. The van der Waals surface area contributed by atoms with E-state index in [0.29, 0.717) is 10.6 Å². The summed E-state index contributed by atoms with van der Waals surface area (Å²) in [6, 6.07) is 2.33. The maximum Gasteiger partial charge on any atom is 0.355 e. The highest BCUT2D eigenvalue weighted by Crippen LogP contribution is 2.31. The molecule has 1 aromatic carbocycles. The molecule has 18 heteroatoms. The molecule has 0 radical (unpaired) electrons. The van der Waals surface area contributed by atoms with Crippen LogP contribution in [0.5, 0.6) is 0 Å². The normalized spacial score (nSPS) is 14.1. The summed E-state index contributed by atoms with van der Waals surface area (Å²) in [6.07, 6.45) is 6.05. The maximum absolute atomic E-state index is 12.8. The molecule has 3 aromatic rings. The zero-order valence-corrected chi connectivity index (χ0v) is 25.3. The Morgan fingerprint density at radius 3 is 2.17 bits per heavy atom. The Morgan fingerprint density at radius 2 is 1.66 bits per heavy atom. The van der Waals surface area contributed by atoms with Gasteiger partial charge in [-0.2, -0.15) is 18.4 Å². The number of alkyl halides is 2. The summed E-state index contributed by atoms with van der Waals surface area (Å²) in [5.41, 5.74) is -1.95. The maximum atomic E-state index is 12.8. The second kappa shape index (κ2) is 12.7. The van der Waals surface area contributed by atoms with Gasteiger partial charge in [0.25, 0.3) is 0 Å². The number of benzene rings is 1. The molecule has 0 aliphatic heterocycles. The topological polar surface area (TPSA) is 146 Å². The quantitative estimate of drug-likeness (QED) is 0.434. The lowest BCUT2D eigenvalue weighted by Crippen LogP contribution is -2.45. The molecule has 0 unspecified atom stereocenters. The van der Waals surface area contributed by atoms with Gasteiger partial charge in [0.1, 0.15) is 5.82 Å². The molecule has 1 aliphatic carbocycles. The summed E-state index contributed by atoms with van der Waals surface area (Å²) in [5, 5.41) is 3.63. The van der Waals surface area contributed by atoms with Crippen LogP contribution in [-0.2, 0) is 17.1 Å². The van der Waals surface area contributed by atoms with E-state index in [2.05, 4.69) is 14.8 Å². The van der Waals surface area contributed by atoms with E-state index in [0.717, 1.165) is 38.0 Å². The summed E-state index contributed by atoms with van der Waals surface area (Å²) in [6.45, 7) is -1.85. The summed E-state index contributed by atoms with van der Waals surface area (Å²) < 4.78 is 54.0. The number of halogens is 4. The molecule has 226 valence electrons. The lowest BCUT2D eigenvalue weighted by molar-refractivity contribution is 0.0640. The first-order chi connectivity index (χ1) is 19.0. The van der Waals surface area contributed by atoms with Crippen molar-refractivity contribution in [1.82, 2.24) is 28.5 Å². The van der Waals surface area contributed by atoms with Crippen molar-refractivity contribution in [3.05, 3.63) is 59.5 Å². The average Bonchev–Trinajstić information content (AvgIpc) is 3.17. The SMILES string of the molecule is CN(C)c1nc(=O)n(C2CCCCC2)c(=O)n1C.Cc1nn(-c2cc(NS(C)(=O)=O)c(Cl)cc2Cl)c(=O)n1C(F)F. The van der Waals surface area contributed by atoms with E-state index in [1.54, 1.807) is 26.0 Å². The molecule has 1 fully saturated rings. The molecule has 0 amide bonds. The highest BCUT2D eigenvalue weighted by Gasteiger charge is 2.22. The van der Waals surface area contributed by atoms with E-state index >= 15 is 0 Å². The van der Waals surface area contributed by atoms with Crippen LogP contribution >= 0.6 is 23.2 Å². The van der Waals surface area contributed by atoms with Crippen LogP contribution < -0.4 is 26.7 Å². The fraction of sp³-hybridized carbons (Fsp3) is 0.522. The third-order valence-electron chi connectivity index (χ3n) is 6.27. The predicted molar refractivity (Wildman–Crippen MR) is 152 cm³/mol. The van der Waals surface area contributed by atoms with Crippen molar-refractivity contribution in [2.75, 3.05) is 30.0 Å². The molecule has 2 heterocycles. The van der Waals surface area contributed by atoms with E-state index in [-0.39, 0.29) is 43.5 Å². The number of hydrogen-bond donors (Lipinski definition) is 1. The summed E-state index contributed by atoms with van der Waals surface area (Å²) in [4.78, 5) is 42.0. The van der Waals surface area contributed by atoms with Gasteiger partial charge in [-0.05, 0) is 31.9 Å². The molecule has 0 spiro atoms. The lowest BCUT2D eigenvalue weighted by Gasteiger charge is -2.24. The van der Waals surface area contributed by atoms with Gasteiger partial charge in [0, 0.05) is 27.2 Å². The smallest absolute Gasteiger partial charge is 0.348 e. The van der Waals surface area contributed by atoms with Crippen molar-refractivity contribution >= 4 is 44.9 Å². The van der Waals surface area contributed by atoms with Gasteiger partial charge >= 0.3 is 23.6 Å². The molecule has 1 N–H and O–H groups in total. The zero-order valence-electron chi connectivity index (χ0n) is 22.9. The standard InChI is InChI=1S/C12H20N4O2.C11H10Cl2F2N4O3S/c1-14(2)10-13-11(17)16(12(18)15(10)3)9-7-5-4-6-8-9;1-5-16-19(11(20)18(5)10(14)15)9-4-8(17-23(2,21)22)6(12)3-7(9)13/h9H,4-8H2,1-3H3;3-4,10,17H,1-2H3. The molecule has 4 rings (SSSR count). The number of hydrogen-bond acceptors (Lipinski definition) is 8. The Morgan fingerprint density at radius 1 is 1.05 bits per heavy atom. The largest absolute Gasteiger partial charge is 0.355 e. The number of nitrogens with one attached hydrogen (secondary N) is 1. The molecule has 0 bridgehead atoms. The Bertz CT molecular complexity index is 1710. The van der Waals surface area contributed by atoms with Crippen molar-refractivity contribution in [2.45, 2.75) is 51.6 Å². The second-order valence-electron chi connectivity index (χ2n) is 9.64. The molecule has 41 heavy (non-hydrogen) atoms. The minimum absolute atomic E-state index is 0.0219. The number of aryl methyl sites for hydroxylation is 1. The van der Waals surface area contributed by atoms with Crippen molar-refractivity contribution in [1.29, 1.82) is 0 Å². The fourth-order valence-electron chi connectivity index (χ4n) is 4.43. The van der Waals surface area contributed by atoms with E-state index in [9.17, 15) is 31.6 Å². The van der Waals surface area contributed by atoms with E-state index in [1.165, 1.54) is 28.5 Å². The fourth-order valence-corrected chi connectivity index (χ4v) is 5.57. The first-order valence-electron chi connectivity index (χ1n) is 12.3. The number of sulfonamides is 1. The number of rotatable bonds is 6. The van der Waals surface area contributed by atoms with Gasteiger partial charge in [0.2, 0.25) is 16.0 Å². The molecule has 13 nitrogen and oxygen atoms in total. The van der Waals surface area contributed by atoms with Gasteiger partial charge in [-0.1, -0.05) is 42.5 Å². The molecule has 0 atom stereocenters. The van der Waals surface area contributed by atoms with E-state index in [1.807, 2.05) is 0 Å². The van der Waals surface area contributed by atoms with Gasteiger partial charge in [0.15, 0.2) is 0 Å². The molecule has 1 aliphatic rings. The van der Waals surface area contributed by atoms with Crippen LogP contribution in [0.1, 0.15) is 50.5 Å². The first-order valence-corrected chi connectivity index (χ1v) is 15.0. The van der Waals surface area contributed by atoms with Crippen LogP contribution in [0, 0.1) is 6.92 Å². The Kier molecular flexibility index (Phi) is 10.0. The minimum atomic E-state index is -3.65. The minimum Gasteiger partial charge on any atom is -0.348 e. The lowest BCUT2D eigenvalue weighted by atomic mass is 9.95. The predicted octanol–water partition coefficient (Wildman–Crippen LogP) is 2.93. The molecular formula is C23H30Cl2F2N8O5S.